The van der Waals surface area contributed by atoms with Crippen LogP contribution in [0.4, 0.5) is 59.1 Å². The van der Waals surface area contributed by atoms with Crippen LogP contribution >= 0.6 is 0 Å². The standard InChI is InChI=1S/C27H30FN7O2.2C25H25FN6O3/c1-17-14-20-21(32-17)8-9-22(24(20)28)37-27-23(26(36)29-2)25(30-16-31-27)33-19-6-4-18(5-7-19)15-35-12-10-34(3)11-13-35;1-15-13-18-19(30-15)7-8-20(22(18)26)35-25-21(24(33)27-2)23(28-14-29-25)31-16-3-5-17(6-4-16)32-9-11-34-12-10-32;1-15-12-18-19(30-15)6-7-20(22(18)26)35-25-21(24(33)27-2)23(28-14-29-25)31-16-4-3-5-17(13-16)32-8-10-34-11-9-32/h4-9,14,16,32H,10-13,15H2,1-3H3,(H,29,36)(H,30,31,33);3-8,13-14,30H,9-12H2,1-2H3,(H,27,33)(H,28,29,31);3-7,12-14,30H,8-11H2,1-2H3,(H,27,33)(H,28,29,31). The van der Waals surface area contributed by atoms with E-state index in [1.807, 2.05) is 81.4 Å². The van der Waals surface area contributed by atoms with Gasteiger partial charge in [0.05, 0.1) is 26.4 Å². The predicted molar refractivity (Wildman–Crippen MR) is 403 cm³/mol. The number of ether oxygens (including phenoxy) is 5. The third kappa shape index (κ3) is 17.1. The maximum atomic E-state index is 15.1. The van der Waals surface area contributed by atoms with Crippen LogP contribution in [-0.2, 0) is 16.0 Å². The molecule has 3 aliphatic heterocycles. The molecule has 15 rings (SSSR count). The lowest BCUT2D eigenvalue weighted by molar-refractivity contribution is 0.0952. The Morgan fingerprint density at radius 1 is 0.439 bits per heavy atom. The number of aryl methyl sites for hydroxylation is 3. The summed E-state index contributed by atoms with van der Waals surface area (Å²) >= 11 is 0. The first-order chi connectivity index (χ1) is 52.0. The highest BCUT2D eigenvalue weighted by Gasteiger charge is 2.27. The number of amides is 3. The fourth-order valence-corrected chi connectivity index (χ4v) is 12.6. The zero-order valence-electron chi connectivity index (χ0n) is 59.9. The van der Waals surface area contributed by atoms with Gasteiger partial charge in [-0.3, -0.25) is 19.3 Å². The third-order valence-corrected chi connectivity index (χ3v) is 18.1. The number of hydrogen-bond acceptors (Lipinski definition) is 21. The molecule has 0 radical (unpaired) electrons. The van der Waals surface area contributed by atoms with E-state index in [9.17, 15) is 14.4 Å². The van der Waals surface area contributed by atoms with Crippen molar-refractivity contribution < 1.29 is 51.2 Å². The number of halogens is 3. The molecule has 30 heteroatoms. The van der Waals surface area contributed by atoms with Crippen molar-refractivity contribution in [2.75, 3.05) is 133 Å². The number of aromatic amines is 3. The minimum absolute atomic E-state index is 0.0328. The quantitative estimate of drug-likeness (QED) is 0.0363. The molecular formula is C77H80F3N19O8. The minimum Gasteiger partial charge on any atom is -0.435 e. The van der Waals surface area contributed by atoms with Gasteiger partial charge in [0, 0.05) is 158 Å². The lowest BCUT2D eigenvalue weighted by atomic mass is 10.1. The van der Waals surface area contributed by atoms with Crippen molar-refractivity contribution in [2.24, 2.45) is 0 Å². The molecule has 0 unspecified atom stereocenters. The summed E-state index contributed by atoms with van der Waals surface area (Å²) in [5, 5.41) is 18.5. The molecule has 3 amide bonds. The van der Waals surface area contributed by atoms with Gasteiger partial charge in [0.2, 0.25) is 17.6 Å². The second kappa shape index (κ2) is 33.2. The summed E-state index contributed by atoms with van der Waals surface area (Å²) in [4.78, 5) is 82.1. The number of H-pyrrole nitrogens is 3. The van der Waals surface area contributed by atoms with Gasteiger partial charge in [0.1, 0.15) is 35.7 Å². The molecule has 552 valence electrons. The molecule has 6 aromatic carbocycles. The Morgan fingerprint density at radius 2 is 0.813 bits per heavy atom. The van der Waals surface area contributed by atoms with Gasteiger partial charge in [-0.25, -0.2) is 43.1 Å². The molecule has 27 nitrogen and oxygen atoms in total. The maximum Gasteiger partial charge on any atom is 0.260 e. The number of piperazine rings is 1. The molecule has 9 N–H and O–H groups in total. The predicted octanol–water partition coefficient (Wildman–Crippen LogP) is 12.3. The maximum absolute atomic E-state index is 15.1. The van der Waals surface area contributed by atoms with Crippen LogP contribution in [0, 0.1) is 38.2 Å². The van der Waals surface area contributed by atoms with Gasteiger partial charge in [-0.05, 0) is 143 Å². The number of carbonyl (C=O) groups excluding carboxylic acids is 3. The third-order valence-electron chi connectivity index (χ3n) is 18.1. The van der Waals surface area contributed by atoms with Crippen LogP contribution in [0.2, 0.25) is 0 Å². The number of nitrogens with one attached hydrogen (secondary N) is 9. The van der Waals surface area contributed by atoms with Crippen LogP contribution < -0.4 is 55.9 Å². The van der Waals surface area contributed by atoms with E-state index in [0.29, 0.717) is 59.1 Å². The molecule has 0 atom stereocenters. The highest BCUT2D eigenvalue weighted by atomic mass is 19.1. The molecule has 3 saturated heterocycles. The Balaban J connectivity index is 0.000000142. The summed E-state index contributed by atoms with van der Waals surface area (Å²) in [6.07, 6.45) is 3.82. The van der Waals surface area contributed by atoms with Gasteiger partial charge < -0.3 is 85.2 Å². The Bertz CT molecular complexity index is 5170. The highest BCUT2D eigenvalue weighted by molar-refractivity contribution is 6.03. The fraction of sp³-hybridized carbons (Fsp3) is 0.260. The average Bonchev–Trinajstić information content (AvgIpc) is 1.75. The molecule has 107 heavy (non-hydrogen) atoms. The Kier molecular flexibility index (Phi) is 22.6. The monoisotopic (exact) mass is 1460 g/mol. The van der Waals surface area contributed by atoms with E-state index in [2.05, 4.69) is 116 Å². The van der Waals surface area contributed by atoms with Crippen molar-refractivity contribution in [2.45, 2.75) is 27.3 Å². The van der Waals surface area contributed by atoms with Crippen LogP contribution in [-0.4, -0.2) is 179 Å². The number of rotatable bonds is 19. The molecule has 0 saturated carbocycles. The summed E-state index contributed by atoms with van der Waals surface area (Å²) in [7, 11) is 6.64. The number of likely N-dealkylation sites (N-methyl/N-ethyl adjacent to an activating group) is 1. The van der Waals surface area contributed by atoms with Crippen molar-refractivity contribution in [1.29, 1.82) is 0 Å². The summed E-state index contributed by atoms with van der Waals surface area (Å²) in [5.41, 5.74) is 10.2. The van der Waals surface area contributed by atoms with Crippen molar-refractivity contribution in [1.82, 2.24) is 70.6 Å². The molecule has 3 fully saturated rings. The Labute approximate surface area is 613 Å². The van der Waals surface area contributed by atoms with E-state index in [1.165, 1.54) is 63.9 Å². The van der Waals surface area contributed by atoms with E-state index >= 15 is 13.2 Å². The van der Waals surface area contributed by atoms with Gasteiger partial charge in [-0.1, -0.05) is 18.2 Å². The number of anilines is 8. The lowest BCUT2D eigenvalue weighted by Gasteiger charge is -2.32. The number of fused-ring (bicyclic) bond motifs is 3. The first kappa shape index (κ1) is 73.0. The summed E-state index contributed by atoms with van der Waals surface area (Å²) in [6.45, 7) is 16.7. The number of hydrogen-bond donors (Lipinski definition) is 9. The van der Waals surface area contributed by atoms with Crippen LogP contribution in [0.15, 0.2) is 146 Å². The smallest absolute Gasteiger partial charge is 0.260 e. The van der Waals surface area contributed by atoms with Crippen LogP contribution in [0.3, 0.4) is 0 Å². The molecular weight excluding hydrogens is 1380 g/mol. The first-order valence-electron chi connectivity index (χ1n) is 34.7. The average molecular weight is 1460 g/mol. The van der Waals surface area contributed by atoms with E-state index in [-0.39, 0.29) is 69.0 Å². The number of carbonyl (C=O) groups is 3. The summed E-state index contributed by atoms with van der Waals surface area (Å²) < 4.78 is 73.7. The number of aromatic nitrogens is 9. The molecule has 0 bridgehead atoms. The van der Waals surface area contributed by atoms with Gasteiger partial charge >= 0.3 is 0 Å². The highest BCUT2D eigenvalue weighted by Crippen LogP contribution is 2.38. The van der Waals surface area contributed by atoms with Crippen molar-refractivity contribution in [3.8, 4) is 34.9 Å². The second-order valence-electron chi connectivity index (χ2n) is 25.6. The van der Waals surface area contributed by atoms with Gasteiger partial charge in [0.25, 0.3) is 17.7 Å². The summed E-state index contributed by atoms with van der Waals surface area (Å²) in [5.74, 6) is -2.53. The zero-order chi connectivity index (χ0) is 74.7. The van der Waals surface area contributed by atoms with Crippen LogP contribution in [0.5, 0.6) is 34.9 Å². The number of morpholine rings is 2. The van der Waals surface area contributed by atoms with Crippen LogP contribution in [0.1, 0.15) is 53.7 Å². The van der Waals surface area contributed by atoms with Crippen molar-refractivity contribution in [3.05, 3.63) is 203 Å². The first-order valence-corrected chi connectivity index (χ1v) is 34.7. The molecule has 9 heterocycles. The van der Waals surface area contributed by atoms with E-state index in [0.717, 1.165) is 104 Å². The molecule has 3 aliphatic rings. The molecule has 6 aromatic heterocycles. The van der Waals surface area contributed by atoms with E-state index < -0.39 is 35.2 Å². The molecule has 0 spiro atoms. The Morgan fingerprint density at radius 3 is 1.21 bits per heavy atom. The van der Waals surface area contributed by atoms with Crippen molar-refractivity contribution in [3.63, 3.8) is 0 Å². The van der Waals surface area contributed by atoms with Gasteiger partial charge in [0.15, 0.2) is 52.2 Å². The topological polar surface area (TPSA) is 307 Å². The van der Waals surface area contributed by atoms with E-state index in [1.54, 1.807) is 36.4 Å². The second-order valence-corrected chi connectivity index (χ2v) is 25.6. The summed E-state index contributed by atoms with van der Waals surface area (Å²) in [6, 6.07) is 38.4. The van der Waals surface area contributed by atoms with Crippen molar-refractivity contribution >= 4 is 96.3 Å². The Hall–Kier alpha value is -12.4. The molecule has 0 aliphatic carbocycles. The normalized spacial score (nSPS) is 14.0. The fourth-order valence-electron chi connectivity index (χ4n) is 12.6. The zero-order valence-corrected chi connectivity index (χ0v) is 59.9. The largest absolute Gasteiger partial charge is 0.435 e. The van der Waals surface area contributed by atoms with Gasteiger partial charge in [-0.2, -0.15) is 0 Å². The lowest BCUT2D eigenvalue weighted by Crippen LogP contribution is -2.43. The number of nitrogens with zero attached hydrogens (tertiary/aromatic N) is 10. The minimum atomic E-state index is -0.541. The number of benzene rings is 6. The van der Waals surface area contributed by atoms with Crippen LogP contribution in [0.25, 0.3) is 32.7 Å². The van der Waals surface area contributed by atoms with E-state index in [4.69, 9.17) is 23.7 Å². The van der Waals surface area contributed by atoms with Gasteiger partial charge in [-0.15, -0.1) is 0 Å². The molecule has 12 aromatic rings. The SMILES string of the molecule is CNC(=O)c1c(Nc2ccc(CN3CCN(C)CC3)cc2)ncnc1Oc1ccc2[nH]c(C)cc2c1F.CNC(=O)c1c(Nc2ccc(N3CCOCC3)cc2)ncnc1Oc1ccc2[nH]c(C)cc2c1F.CNC(=O)c1c(Nc2cccc(N3CCOCC3)c2)ncnc1Oc1ccc2[nH]c(C)cc2c1F.